The second-order valence-electron chi connectivity index (χ2n) is 7.43. The Kier molecular flexibility index (Phi) is 8.62. The Bertz CT molecular complexity index is 342. The highest BCUT2D eigenvalue weighted by atomic mass is 32.2. The van der Waals surface area contributed by atoms with Crippen LogP contribution in [0.5, 0.6) is 0 Å². The number of guanidine groups is 1. The normalized spacial score (nSPS) is 21.2. The van der Waals surface area contributed by atoms with E-state index >= 15 is 0 Å². The van der Waals surface area contributed by atoms with E-state index in [0.717, 1.165) is 30.9 Å². The molecule has 0 amide bonds. The SMILES string of the molecule is CN=C(NCC1CCCN(CC(C)C)C1)NCC(C)(C)SC. The lowest BCUT2D eigenvalue weighted by Crippen LogP contribution is -2.47. The second-order valence-corrected chi connectivity index (χ2v) is 8.95. The van der Waals surface area contributed by atoms with Gasteiger partial charge in [-0.05, 0) is 51.3 Å². The first-order chi connectivity index (χ1) is 10.4. The summed E-state index contributed by atoms with van der Waals surface area (Å²) in [5, 5.41) is 6.96. The van der Waals surface area contributed by atoms with Crippen LogP contribution in [0.4, 0.5) is 0 Å². The monoisotopic (exact) mass is 328 g/mol. The first-order valence-corrected chi connectivity index (χ1v) is 9.80. The van der Waals surface area contributed by atoms with Gasteiger partial charge in [-0.25, -0.2) is 0 Å². The maximum absolute atomic E-state index is 4.35. The van der Waals surface area contributed by atoms with E-state index in [1.165, 1.54) is 32.5 Å². The average Bonchev–Trinajstić information content (AvgIpc) is 2.47. The Morgan fingerprint density at radius 2 is 2.09 bits per heavy atom. The van der Waals surface area contributed by atoms with Gasteiger partial charge in [-0.3, -0.25) is 4.99 Å². The first-order valence-electron chi connectivity index (χ1n) is 8.58. The lowest BCUT2D eigenvalue weighted by atomic mass is 9.97. The van der Waals surface area contributed by atoms with Gasteiger partial charge in [-0.15, -0.1) is 0 Å². The number of nitrogens with zero attached hydrogens (tertiary/aromatic N) is 2. The number of hydrogen-bond acceptors (Lipinski definition) is 3. The number of thioether (sulfide) groups is 1. The number of piperidine rings is 1. The van der Waals surface area contributed by atoms with Gasteiger partial charge < -0.3 is 15.5 Å². The molecule has 0 bridgehead atoms. The van der Waals surface area contributed by atoms with Crippen LogP contribution >= 0.6 is 11.8 Å². The molecule has 0 aliphatic carbocycles. The Hall–Kier alpha value is -0.420. The van der Waals surface area contributed by atoms with Crippen LogP contribution < -0.4 is 10.6 Å². The molecule has 4 nitrogen and oxygen atoms in total. The van der Waals surface area contributed by atoms with Crippen molar-refractivity contribution in [2.75, 3.05) is 46.0 Å². The fraction of sp³-hybridized carbons (Fsp3) is 0.941. The molecule has 1 fully saturated rings. The van der Waals surface area contributed by atoms with Gasteiger partial charge >= 0.3 is 0 Å². The number of aliphatic imine (C=N–C) groups is 1. The van der Waals surface area contributed by atoms with Gasteiger partial charge in [0.25, 0.3) is 0 Å². The molecule has 1 rings (SSSR count). The lowest BCUT2D eigenvalue weighted by Gasteiger charge is -2.34. The molecule has 0 saturated carbocycles. The van der Waals surface area contributed by atoms with Crippen molar-refractivity contribution in [1.29, 1.82) is 0 Å². The van der Waals surface area contributed by atoms with E-state index in [2.05, 4.69) is 54.5 Å². The zero-order valence-electron chi connectivity index (χ0n) is 15.4. The van der Waals surface area contributed by atoms with E-state index in [9.17, 15) is 0 Å². The van der Waals surface area contributed by atoms with Crippen molar-refractivity contribution in [1.82, 2.24) is 15.5 Å². The van der Waals surface area contributed by atoms with Crippen LogP contribution in [0.1, 0.15) is 40.5 Å². The lowest BCUT2D eigenvalue weighted by molar-refractivity contribution is 0.159. The van der Waals surface area contributed by atoms with E-state index in [4.69, 9.17) is 0 Å². The Balaban J connectivity index is 2.33. The van der Waals surface area contributed by atoms with E-state index in [-0.39, 0.29) is 4.75 Å². The first kappa shape index (κ1) is 19.6. The highest BCUT2D eigenvalue weighted by Crippen LogP contribution is 2.19. The van der Waals surface area contributed by atoms with Gasteiger partial charge in [0.2, 0.25) is 0 Å². The van der Waals surface area contributed by atoms with Crippen molar-refractivity contribution < 1.29 is 0 Å². The van der Waals surface area contributed by atoms with E-state index in [1.54, 1.807) is 0 Å². The van der Waals surface area contributed by atoms with Crippen molar-refractivity contribution in [2.24, 2.45) is 16.8 Å². The molecule has 130 valence electrons. The topological polar surface area (TPSA) is 39.7 Å². The summed E-state index contributed by atoms with van der Waals surface area (Å²) in [6.07, 6.45) is 4.81. The van der Waals surface area contributed by atoms with E-state index in [0.29, 0.717) is 0 Å². The third kappa shape index (κ3) is 7.73. The highest BCUT2D eigenvalue weighted by molar-refractivity contribution is 7.99. The molecular weight excluding hydrogens is 292 g/mol. The second kappa shape index (κ2) is 9.66. The summed E-state index contributed by atoms with van der Waals surface area (Å²) in [7, 11) is 1.85. The van der Waals surface area contributed by atoms with Crippen LogP contribution in [-0.2, 0) is 0 Å². The predicted octanol–water partition coefficient (Wildman–Crippen LogP) is 2.66. The zero-order chi connectivity index (χ0) is 16.6. The number of hydrogen-bond donors (Lipinski definition) is 2. The van der Waals surface area contributed by atoms with Crippen molar-refractivity contribution in [3.8, 4) is 0 Å². The van der Waals surface area contributed by atoms with Crippen molar-refractivity contribution in [3.05, 3.63) is 0 Å². The molecule has 0 aromatic rings. The summed E-state index contributed by atoms with van der Waals surface area (Å²) in [6.45, 7) is 14.8. The Morgan fingerprint density at radius 3 is 2.68 bits per heavy atom. The number of likely N-dealkylation sites (tertiary alicyclic amines) is 1. The van der Waals surface area contributed by atoms with Crippen LogP contribution in [0.3, 0.4) is 0 Å². The fourth-order valence-electron chi connectivity index (χ4n) is 2.83. The molecule has 22 heavy (non-hydrogen) atoms. The molecule has 2 N–H and O–H groups in total. The van der Waals surface area contributed by atoms with Gasteiger partial charge in [0, 0.05) is 38.0 Å². The smallest absolute Gasteiger partial charge is 0.191 e. The summed E-state index contributed by atoms with van der Waals surface area (Å²) in [5.41, 5.74) is 0. The molecule has 1 aliphatic heterocycles. The maximum Gasteiger partial charge on any atom is 0.191 e. The van der Waals surface area contributed by atoms with Gasteiger partial charge in [0.1, 0.15) is 0 Å². The van der Waals surface area contributed by atoms with Gasteiger partial charge in [-0.1, -0.05) is 13.8 Å². The summed E-state index contributed by atoms with van der Waals surface area (Å²) >= 11 is 1.88. The van der Waals surface area contributed by atoms with Gasteiger partial charge in [0.05, 0.1) is 0 Å². The molecule has 0 spiro atoms. The molecule has 0 aromatic carbocycles. The van der Waals surface area contributed by atoms with Crippen molar-refractivity contribution in [3.63, 3.8) is 0 Å². The number of rotatable bonds is 7. The fourth-order valence-corrected chi connectivity index (χ4v) is 3.05. The third-order valence-electron chi connectivity index (χ3n) is 4.24. The van der Waals surface area contributed by atoms with Crippen LogP contribution in [0.15, 0.2) is 4.99 Å². The largest absolute Gasteiger partial charge is 0.356 e. The minimum Gasteiger partial charge on any atom is -0.356 e. The van der Waals surface area contributed by atoms with Crippen LogP contribution in [0.25, 0.3) is 0 Å². The molecule has 0 radical (unpaired) electrons. The summed E-state index contributed by atoms with van der Waals surface area (Å²) in [4.78, 5) is 6.97. The molecule has 1 aliphatic rings. The molecule has 1 unspecified atom stereocenters. The van der Waals surface area contributed by atoms with Crippen LogP contribution in [-0.4, -0.2) is 61.6 Å². The third-order valence-corrected chi connectivity index (χ3v) is 5.49. The van der Waals surface area contributed by atoms with E-state index in [1.807, 2.05) is 18.8 Å². The highest BCUT2D eigenvalue weighted by Gasteiger charge is 2.21. The molecule has 1 saturated heterocycles. The molecular formula is C17H36N4S. The Morgan fingerprint density at radius 1 is 1.36 bits per heavy atom. The summed E-state index contributed by atoms with van der Waals surface area (Å²) in [5.74, 6) is 2.43. The van der Waals surface area contributed by atoms with Crippen LogP contribution in [0.2, 0.25) is 0 Å². The molecule has 5 heteroatoms. The molecule has 0 aromatic heterocycles. The van der Waals surface area contributed by atoms with Gasteiger partial charge in [0.15, 0.2) is 5.96 Å². The number of nitrogens with one attached hydrogen (secondary N) is 2. The zero-order valence-corrected chi connectivity index (χ0v) is 16.2. The summed E-state index contributed by atoms with van der Waals surface area (Å²) < 4.78 is 0.233. The van der Waals surface area contributed by atoms with Crippen LogP contribution in [0, 0.1) is 11.8 Å². The minimum atomic E-state index is 0.233. The minimum absolute atomic E-state index is 0.233. The van der Waals surface area contributed by atoms with Crippen molar-refractivity contribution >= 4 is 17.7 Å². The average molecular weight is 329 g/mol. The van der Waals surface area contributed by atoms with E-state index < -0.39 is 0 Å². The standard InChI is InChI=1S/C17H36N4S/c1-14(2)11-21-9-7-8-15(12-21)10-19-16(18-5)20-13-17(3,4)22-6/h14-15H,7-13H2,1-6H3,(H2,18,19,20). The molecule has 1 atom stereocenters. The summed E-state index contributed by atoms with van der Waals surface area (Å²) in [6, 6.07) is 0. The Labute approximate surface area is 141 Å². The predicted molar refractivity (Wildman–Crippen MR) is 101 cm³/mol. The van der Waals surface area contributed by atoms with Crippen molar-refractivity contribution in [2.45, 2.75) is 45.3 Å². The van der Waals surface area contributed by atoms with Gasteiger partial charge in [-0.2, -0.15) is 11.8 Å². The maximum atomic E-state index is 4.35. The quantitative estimate of drug-likeness (QED) is 0.557. The molecule has 1 heterocycles.